The molecular weight excluding hydrogens is 328 g/mol. The second-order valence-corrected chi connectivity index (χ2v) is 6.72. The van der Waals surface area contributed by atoms with E-state index < -0.39 is 0 Å². The molecule has 2 aromatic heterocycles. The van der Waals surface area contributed by atoms with Gasteiger partial charge in [0.05, 0.1) is 11.3 Å². The van der Waals surface area contributed by atoms with Crippen LogP contribution in [0.5, 0.6) is 5.75 Å². The standard InChI is InChI=1S/C20H22N4O2/c1-14-6-7-19-23-16(12-24(19)11-14)13-26-18-5-3-2-4-17(18)20(25)22-10-15-8-21-9-15/h2-7,11-12,15,21H,8-10,13H2,1H3,(H,22,25). The summed E-state index contributed by atoms with van der Waals surface area (Å²) in [5.74, 6) is 0.997. The van der Waals surface area contributed by atoms with Crippen molar-refractivity contribution >= 4 is 11.6 Å². The number of rotatable bonds is 6. The van der Waals surface area contributed by atoms with E-state index in [1.165, 1.54) is 5.56 Å². The van der Waals surface area contributed by atoms with Crippen molar-refractivity contribution in [2.75, 3.05) is 19.6 Å². The van der Waals surface area contributed by atoms with Crippen LogP contribution in [0.4, 0.5) is 0 Å². The minimum atomic E-state index is -0.0990. The highest BCUT2D eigenvalue weighted by atomic mass is 16.5. The lowest BCUT2D eigenvalue weighted by atomic mass is 10.0. The van der Waals surface area contributed by atoms with Crippen molar-refractivity contribution in [2.24, 2.45) is 5.92 Å². The number of nitrogens with zero attached hydrogens (tertiary/aromatic N) is 2. The van der Waals surface area contributed by atoms with Crippen LogP contribution in [0.25, 0.3) is 5.65 Å². The third-order valence-electron chi connectivity index (χ3n) is 4.57. The number of imidazole rings is 1. The maximum absolute atomic E-state index is 12.5. The maximum atomic E-state index is 12.5. The van der Waals surface area contributed by atoms with Gasteiger partial charge in [0, 0.05) is 37.9 Å². The Labute approximate surface area is 152 Å². The van der Waals surface area contributed by atoms with Crippen molar-refractivity contribution in [1.82, 2.24) is 20.0 Å². The van der Waals surface area contributed by atoms with Gasteiger partial charge in [-0.2, -0.15) is 0 Å². The van der Waals surface area contributed by atoms with Crippen LogP contribution in [0.15, 0.2) is 48.8 Å². The van der Waals surface area contributed by atoms with E-state index in [-0.39, 0.29) is 5.91 Å². The largest absolute Gasteiger partial charge is 0.486 e. The molecule has 0 aliphatic carbocycles. The first-order chi connectivity index (χ1) is 12.7. The van der Waals surface area contributed by atoms with Gasteiger partial charge >= 0.3 is 0 Å². The first-order valence-corrected chi connectivity index (χ1v) is 8.84. The van der Waals surface area contributed by atoms with Crippen LogP contribution >= 0.6 is 0 Å². The Kier molecular flexibility index (Phi) is 4.58. The molecule has 6 nitrogen and oxygen atoms in total. The summed E-state index contributed by atoms with van der Waals surface area (Å²) in [5.41, 5.74) is 3.44. The molecule has 2 N–H and O–H groups in total. The maximum Gasteiger partial charge on any atom is 0.255 e. The Morgan fingerprint density at radius 1 is 1.27 bits per heavy atom. The zero-order chi connectivity index (χ0) is 17.9. The highest BCUT2D eigenvalue weighted by Crippen LogP contribution is 2.20. The molecule has 3 heterocycles. The first-order valence-electron chi connectivity index (χ1n) is 8.84. The van der Waals surface area contributed by atoms with E-state index in [0.29, 0.717) is 30.4 Å². The molecule has 4 rings (SSSR count). The van der Waals surface area contributed by atoms with Gasteiger partial charge in [-0.25, -0.2) is 4.98 Å². The third-order valence-corrected chi connectivity index (χ3v) is 4.57. The summed E-state index contributed by atoms with van der Waals surface area (Å²) in [6.45, 7) is 4.98. The van der Waals surface area contributed by atoms with E-state index in [9.17, 15) is 4.79 Å². The zero-order valence-corrected chi connectivity index (χ0v) is 14.7. The smallest absolute Gasteiger partial charge is 0.255 e. The lowest BCUT2D eigenvalue weighted by Gasteiger charge is -2.27. The molecule has 6 heteroatoms. The summed E-state index contributed by atoms with van der Waals surface area (Å²) in [7, 11) is 0. The van der Waals surface area contributed by atoms with E-state index in [0.717, 1.165) is 24.4 Å². The topological polar surface area (TPSA) is 67.7 Å². The molecule has 1 aliphatic rings. The molecule has 1 amide bonds. The molecule has 3 aromatic rings. The Balaban J connectivity index is 1.44. The summed E-state index contributed by atoms with van der Waals surface area (Å²) in [6.07, 6.45) is 3.98. The molecule has 0 radical (unpaired) electrons. The molecule has 1 saturated heterocycles. The zero-order valence-electron chi connectivity index (χ0n) is 14.7. The fraction of sp³-hybridized carbons (Fsp3) is 0.300. The normalized spacial score (nSPS) is 14.2. The average molecular weight is 350 g/mol. The predicted octanol–water partition coefficient (Wildman–Crippen LogP) is 2.17. The molecule has 0 atom stereocenters. The van der Waals surface area contributed by atoms with E-state index in [2.05, 4.69) is 15.6 Å². The summed E-state index contributed by atoms with van der Waals surface area (Å²) < 4.78 is 7.89. The number of benzene rings is 1. The van der Waals surface area contributed by atoms with Crippen molar-refractivity contribution in [2.45, 2.75) is 13.5 Å². The number of hydrogen-bond donors (Lipinski definition) is 2. The number of carbonyl (C=O) groups excluding carboxylic acids is 1. The number of aryl methyl sites for hydroxylation is 1. The van der Waals surface area contributed by atoms with Gasteiger partial charge in [-0.1, -0.05) is 18.2 Å². The number of fused-ring (bicyclic) bond motifs is 1. The van der Waals surface area contributed by atoms with Crippen LogP contribution in [0, 0.1) is 12.8 Å². The minimum Gasteiger partial charge on any atom is -0.486 e. The summed E-state index contributed by atoms with van der Waals surface area (Å²) in [6, 6.07) is 11.3. The SMILES string of the molecule is Cc1ccc2nc(COc3ccccc3C(=O)NCC3CNC3)cn2c1. The van der Waals surface area contributed by atoms with Gasteiger partial charge in [0.2, 0.25) is 0 Å². The highest BCUT2D eigenvalue weighted by Gasteiger charge is 2.19. The second-order valence-electron chi connectivity index (χ2n) is 6.72. The lowest BCUT2D eigenvalue weighted by molar-refractivity contribution is 0.0937. The summed E-state index contributed by atoms with van der Waals surface area (Å²) in [4.78, 5) is 17.0. The Bertz CT molecular complexity index is 930. The van der Waals surface area contributed by atoms with Crippen LogP contribution in [0.2, 0.25) is 0 Å². The quantitative estimate of drug-likeness (QED) is 0.715. The van der Waals surface area contributed by atoms with Crippen molar-refractivity contribution in [3.63, 3.8) is 0 Å². The van der Waals surface area contributed by atoms with Gasteiger partial charge in [-0.05, 0) is 30.7 Å². The second kappa shape index (κ2) is 7.17. The van der Waals surface area contributed by atoms with Crippen molar-refractivity contribution in [3.05, 3.63) is 65.6 Å². The number of amides is 1. The highest BCUT2D eigenvalue weighted by molar-refractivity contribution is 5.96. The number of hydrogen-bond acceptors (Lipinski definition) is 4. The molecular formula is C20H22N4O2. The Hall–Kier alpha value is -2.86. The molecule has 1 aliphatic heterocycles. The van der Waals surface area contributed by atoms with Crippen LogP contribution < -0.4 is 15.4 Å². The number of carbonyl (C=O) groups is 1. The lowest BCUT2D eigenvalue weighted by Crippen LogP contribution is -2.48. The van der Waals surface area contributed by atoms with E-state index >= 15 is 0 Å². The van der Waals surface area contributed by atoms with Crippen LogP contribution in [0.3, 0.4) is 0 Å². The minimum absolute atomic E-state index is 0.0990. The number of aromatic nitrogens is 2. The van der Waals surface area contributed by atoms with Crippen molar-refractivity contribution in [3.8, 4) is 5.75 Å². The summed E-state index contributed by atoms with van der Waals surface area (Å²) >= 11 is 0. The fourth-order valence-corrected chi connectivity index (χ4v) is 2.98. The molecule has 0 unspecified atom stereocenters. The van der Waals surface area contributed by atoms with Crippen LogP contribution in [0.1, 0.15) is 21.6 Å². The van der Waals surface area contributed by atoms with E-state index in [1.807, 2.05) is 54.0 Å². The number of pyridine rings is 1. The third kappa shape index (κ3) is 3.55. The molecule has 26 heavy (non-hydrogen) atoms. The Morgan fingerprint density at radius 3 is 2.92 bits per heavy atom. The molecule has 1 aromatic carbocycles. The van der Waals surface area contributed by atoms with Gasteiger partial charge in [-0.3, -0.25) is 4.79 Å². The first kappa shape index (κ1) is 16.6. The monoisotopic (exact) mass is 350 g/mol. The van der Waals surface area contributed by atoms with Crippen LogP contribution in [-0.4, -0.2) is 34.9 Å². The van der Waals surface area contributed by atoms with Gasteiger partial charge in [0.25, 0.3) is 5.91 Å². The predicted molar refractivity (Wildman–Crippen MR) is 99.4 cm³/mol. The van der Waals surface area contributed by atoms with Gasteiger partial charge in [0.15, 0.2) is 0 Å². The van der Waals surface area contributed by atoms with Gasteiger partial charge in [-0.15, -0.1) is 0 Å². The number of ether oxygens (including phenoxy) is 1. The van der Waals surface area contributed by atoms with Crippen LogP contribution in [-0.2, 0) is 6.61 Å². The van der Waals surface area contributed by atoms with E-state index in [4.69, 9.17) is 4.74 Å². The van der Waals surface area contributed by atoms with Crippen molar-refractivity contribution in [1.29, 1.82) is 0 Å². The van der Waals surface area contributed by atoms with E-state index in [1.54, 1.807) is 6.07 Å². The van der Waals surface area contributed by atoms with Crippen molar-refractivity contribution < 1.29 is 9.53 Å². The molecule has 0 bridgehead atoms. The molecule has 0 spiro atoms. The number of nitrogens with one attached hydrogen (secondary N) is 2. The van der Waals surface area contributed by atoms with Gasteiger partial charge in [0.1, 0.15) is 18.0 Å². The fourth-order valence-electron chi connectivity index (χ4n) is 2.98. The number of para-hydroxylation sites is 1. The Morgan fingerprint density at radius 2 is 2.12 bits per heavy atom. The molecule has 134 valence electrons. The molecule has 1 fully saturated rings. The summed E-state index contributed by atoms with van der Waals surface area (Å²) in [5, 5.41) is 6.19. The van der Waals surface area contributed by atoms with Gasteiger partial charge < -0.3 is 19.8 Å². The molecule has 0 saturated carbocycles. The average Bonchev–Trinajstić information content (AvgIpc) is 3.00.